The molecular formula is C11H21NO3. The fourth-order valence-corrected chi connectivity index (χ4v) is 1.92. The van der Waals surface area contributed by atoms with Crippen LogP contribution in [-0.2, 0) is 9.53 Å². The molecule has 0 aromatic carbocycles. The number of hydrogen-bond donors (Lipinski definition) is 1. The summed E-state index contributed by atoms with van der Waals surface area (Å²) in [5.41, 5.74) is -0.538. The number of methoxy groups -OCH3 is 1. The topological polar surface area (TPSA) is 49.8 Å². The fourth-order valence-electron chi connectivity index (χ4n) is 1.92. The molecule has 1 heterocycles. The molecule has 4 heteroatoms. The Balaban J connectivity index is 2.44. The van der Waals surface area contributed by atoms with Gasteiger partial charge in [-0.25, -0.2) is 0 Å². The summed E-state index contributed by atoms with van der Waals surface area (Å²) >= 11 is 0. The van der Waals surface area contributed by atoms with Crippen LogP contribution >= 0.6 is 0 Å². The van der Waals surface area contributed by atoms with E-state index in [-0.39, 0.29) is 17.9 Å². The van der Waals surface area contributed by atoms with Gasteiger partial charge in [0.15, 0.2) is 0 Å². The Kier molecular flexibility index (Phi) is 3.73. The van der Waals surface area contributed by atoms with Crippen molar-refractivity contribution in [3.8, 4) is 0 Å². The highest BCUT2D eigenvalue weighted by Gasteiger charge is 2.43. The molecule has 0 spiro atoms. The predicted molar refractivity (Wildman–Crippen MR) is 57.5 cm³/mol. The smallest absolute Gasteiger partial charge is 0.309 e. The number of rotatable bonds is 4. The average molecular weight is 215 g/mol. The minimum atomic E-state index is -0.538. The number of β-amino-alcohol motifs (C(OH)–C–C–N with tert-alkyl or cyclic N) is 1. The number of likely N-dealkylation sites (tertiary alicyclic amines) is 1. The molecule has 1 aliphatic rings. The first-order valence-electron chi connectivity index (χ1n) is 5.48. The summed E-state index contributed by atoms with van der Waals surface area (Å²) in [6.45, 7) is 7.15. The van der Waals surface area contributed by atoms with Gasteiger partial charge in [0.2, 0.25) is 0 Å². The molecule has 1 saturated heterocycles. The second-order valence-corrected chi connectivity index (χ2v) is 4.54. The fraction of sp³-hybridized carbons (Fsp3) is 0.909. The molecule has 2 atom stereocenters. The van der Waals surface area contributed by atoms with E-state index in [9.17, 15) is 9.90 Å². The quantitative estimate of drug-likeness (QED) is 0.699. The number of aliphatic hydroxyl groups is 1. The Labute approximate surface area is 91.2 Å². The Morgan fingerprint density at radius 2 is 2.07 bits per heavy atom. The van der Waals surface area contributed by atoms with E-state index in [0.717, 1.165) is 6.42 Å². The van der Waals surface area contributed by atoms with E-state index in [1.54, 1.807) is 0 Å². The van der Waals surface area contributed by atoms with Gasteiger partial charge in [-0.3, -0.25) is 9.69 Å². The van der Waals surface area contributed by atoms with Gasteiger partial charge in [-0.2, -0.15) is 0 Å². The predicted octanol–water partition coefficient (Wildman–Crippen LogP) is 0.641. The first-order valence-corrected chi connectivity index (χ1v) is 5.48. The molecule has 1 aliphatic heterocycles. The maximum Gasteiger partial charge on any atom is 0.309 e. The second kappa shape index (κ2) is 4.49. The maximum atomic E-state index is 11.3. The summed E-state index contributed by atoms with van der Waals surface area (Å²) in [7, 11) is 1.41. The monoisotopic (exact) mass is 215 g/mol. The van der Waals surface area contributed by atoms with Crippen LogP contribution in [0, 0.1) is 5.92 Å². The third-order valence-corrected chi connectivity index (χ3v) is 3.53. The zero-order valence-corrected chi connectivity index (χ0v) is 9.99. The van der Waals surface area contributed by atoms with E-state index in [4.69, 9.17) is 4.74 Å². The summed E-state index contributed by atoms with van der Waals surface area (Å²) in [5.74, 6) is -0.328. The zero-order valence-electron chi connectivity index (χ0n) is 9.99. The van der Waals surface area contributed by atoms with Crippen molar-refractivity contribution in [3.05, 3.63) is 0 Å². The minimum absolute atomic E-state index is 0.129. The minimum Gasteiger partial charge on any atom is -0.469 e. The molecule has 0 radical (unpaired) electrons. The Morgan fingerprint density at radius 3 is 2.47 bits per heavy atom. The molecule has 1 fully saturated rings. The molecule has 0 amide bonds. The van der Waals surface area contributed by atoms with Crippen LogP contribution in [0.4, 0.5) is 0 Å². The van der Waals surface area contributed by atoms with E-state index in [0.29, 0.717) is 13.1 Å². The van der Waals surface area contributed by atoms with Crippen molar-refractivity contribution in [2.24, 2.45) is 5.92 Å². The zero-order chi connectivity index (χ0) is 11.6. The van der Waals surface area contributed by atoms with Crippen molar-refractivity contribution in [1.29, 1.82) is 0 Å². The van der Waals surface area contributed by atoms with Gasteiger partial charge in [-0.05, 0) is 13.3 Å². The highest BCUT2D eigenvalue weighted by molar-refractivity contribution is 5.72. The van der Waals surface area contributed by atoms with Gasteiger partial charge in [0.1, 0.15) is 0 Å². The molecule has 0 bridgehead atoms. The van der Waals surface area contributed by atoms with Crippen LogP contribution in [-0.4, -0.2) is 47.8 Å². The van der Waals surface area contributed by atoms with E-state index < -0.39 is 5.60 Å². The molecule has 1 rings (SSSR count). The first-order chi connectivity index (χ1) is 6.93. The molecule has 0 aromatic rings. The average Bonchev–Trinajstić information content (AvgIpc) is 2.21. The van der Waals surface area contributed by atoms with Crippen LogP contribution in [0.5, 0.6) is 0 Å². The van der Waals surface area contributed by atoms with Crippen molar-refractivity contribution in [1.82, 2.24) is 4.90 Å². The van der Waals surface area contributed by atoms with Gasteiger partial charge in [-0.1, -0.05) is 13.8 Å². The highest BCUT2D eigenvalue weighted by Crippen LogP contribution is 2.28. The van der Waals surface area contributed by atoms with E-state index in [2.05, 4.69) is 4.90 Å². The Morgan fingerprint density at radius 1 is 1.53 bits per heavy atom. The lowest BCUT2D eigenvalue weighted by atomic mass is 9.87. The summed E-state index contributed by atoms with van der Waals surface area (Å²) in [6.07, 6.45) is 0.767. The van der Waals surface area contributed by atoms with Crippen LogP contribution in [0.1, 0.15) is 27.2 Å². The molecule has 0 aromatic heterocycles. The molecule has 1 N–H and O–H groups in total. The third kappa shape index (κ3) is 2.49. The maximum absolute atomic E-state index is 11.3. The molecule has 4 nitrogen and oxygen atoms in total. The lowest BCUT2D eigenvalue weighted by Crippen LogP contribution is -2.65. The van der Waals surface area contributed by atoms with Gasteiger partial charge < -0.3 is 9.84 Å². The number of ether oxygens (including phenoxy) is 1. The summed E-state index contributed by atoms with van der Waals surface area (Å²) in [6, 6.07) is 0.129. The summed E-state index contributed by atoms with van der Waals surface area (Å²) in [4.78, 5) is 13.4. The van der Waals surface area contributed by atoms with Gasteiger partial charge in [0, 0.05) is 19.1 Å². The van der Waals surface area contributed by atoms with Crippen LogP contribution in [0.15, 0.2) is 0 Å². The van der Waals surface area contributed by atoms with Crippen molar-refractivity contribution >= 4 is 5.97 Å². The van der Waals surface area contributed by atoms with Gasteiger partial charge in [0.25, 0.3) is 0 Å². The number of nitrogens with zero attached hydrogens (tertiary/aromatic N) is 1. The van der Waals surface area contributed by atoms with Crippen LogP contribution < -0.4 is 0 Å². The van der Waals surface area contributed by atoms with Crippen LogP contribution in [0.25, 0.3) is 0 Å². The van der Waals surface area contributed by atoms with Crippen LogP contribution in [0.2, 0.25) is 0 Å². The largest absolute Gasteiger partial charge is 0.469 e. The number of carbonyl (C=O) groups excluding carboxylic acids is 1. The number of hydrogen-bond acceptors (Lipinski definition) is 4. The van der Waals surface area contributed by atoms with E-state index in [1.807, 2.05) is 20.8 Å². The van der Waals surface area contributed by atoms with Crippen molar-refractivity contribution in [3.63, 3.8) is 0 Å². The Hall–Kier alpha value is -0.610. The van der Waals surface area contributed by atoms with Gasteiger partial charge >= 0.3 is 5.97 Å². The summed E-state index contributed by atoms with van der Waals surface area (Å²) in [5, 5.41) is 9.86. The lowest BCUT2D eigenvalue weighted by Gasteiger charge is -2.50. The molecule has 0 saturated carbocycles. The lowest BCUT2D eigenvalue weighted by molar-refractivity contribution is -0.155. The van der Waals surface area contributed by atoms with Gasteiger partial charge in [-0.15, -0.1) is 0 Å². The highest BCUT2D eigenvalue weighted by atomic mass is 16.5. The van der Waals surface area contributed by atoms with Crippen molar-refractivity contribution < 1.29 is 14.6 Å². The van der Waals surface area contributed by atoms with E-state index in [1.165, 1.54) is 7.11 Å². The van der Waals surface area contributed by atoms with Crippen molar-refractivity contribution in [2.75, 3.05) is 20.2 Å². The SMILES string of the molecule is CCC1(O)CN(C(C)C(C)C(=O)OC)C1. The standard InChI is InChI=1S/C11H21NO3/c1-5-11(14)6-12(7-11)9(3)8(2)10(13)15-4/h8-9,14H,5-7H2,1-4H3. The molecule has 88 valence electrons. The van der Waals surface area contributed by atoms with Crippen LogP contribution in [0.3, 0.4) is 0 Å². The number of carbonyl (C=O) groups is 1. The first kappa shape index (κ1) is 12.5. The summed E-state index contributed by atoms with van der Waals surface area (Å²) < 4.78 is 4.70. The van der Waals surface area contributed by atoms with Gasteiger partial charge in [0.05, 0.1) is 18.6 Å². The molecule has 2 unspecified atom stereocenters. The molecule has 0 aliphatic carbocycles. The van der Waals surface area contributed by atoms with Crippen molar-refractivity contribution in [2.45, 2.75) is 38.8 Å². The second-order valence-electron chi connectivity index (χ2n) is 4.54. The third-order valence-electron chi connectivity index (χ3n) is 3.53. The number of esters is 1. The Bertz CT molecular complexity index is 236. The molecular weight excluding hydrogens is 194 g/mol. The van der Waals surface area contributed by atoms with E-state index >= 15 is 0 Å². The molecule has 15 heavy (non-hydrogen) atoms. The normalized spacial score (nSPS) is 24.1.